The smallest absolute Gasteiger partial charge is 0.337 e. The van der Waals surface area contributed by atoms with E-state index in [2.05, 4.69) is 10.1 Å². The van der Waals surface area contributed by atoms with Gasteiger partial charge in [0, 0.05) is 0 Å². The molecule has 0 aliphatic heterocycles. The molecule has 1 unspecified atom stereocenters. The van der Waals surface area contributed by atoms with E-state index in [0.29, 0.717) is 11.3 Å². The molecule has 0 spiro atoms. The molecule has 5 N–H and O–H groups in total. The molecule has 0 saturated carbocycles. The van der Waals surface area contributed by atoms with Crippen molar-refractivity contribution in [1.29, 1.82) is 0 Å². The summed E-state index contributed by atoms with van der Waals surface area (Å²) in [7, 11) is 1.28. The zero-order valence-corrected chi connectivity index (χ0v) is 9.69. The summed E-state index contributed by atoms with van der Waals surface area (Å²) in [6, 6.07) is 3.85. The number of nitrogens with one attached hydrogen (secondary N) is 1. The number of hydrogen-bond donors (Lipinski definition) is 3. The van der Waals surface area contributed by atoms with E-state index in [1.165, 1.54) is 25.3 Å². The lowest BCUT2D eigenvalue weighted by Gasteiger charge is -2.10. The number of rotatable bonds is 3. The molecule has 0 radical (unpaired) electrons. The van der Waals surface area contributed by atoms with Crippen LogP contribution < -0.4 is 16.8 Å². The van der Waals surface area contributed by atoms with E-state index in [1.807, 2.05) is 0 Å². The largest absolute Gasteiger partial charge is 0.465 e. The number of carbonyl (C=O) groups excluding carboxylic acids is 2. The minimum Gasteiger partial charge on any atom is -0.465 e. The van der Waals surface area contributed by atoms with E-state index in [0.717, 1.165) is 0 Å². The molecule has 1 rings (SSSR count). The molecule has 1 aromatic carbocycles. The van der Waals surface area contributed by atoms with Crippen LogP contribution in [0, 0.1) is 0 Å². The third-order valence-electron chi connectivity index (χ3n) is 2.14. The van der Waals surface area contributed by atoms with Crippen LogP contribution in [0.15, 0.2) is 18.2 Å². The number of nitrogens with two attached hydrogens (primary N) is 2. The molecule has 0 heterocycles. The van der Waals surface area contributed by atoms with Crippen LogP contribution in [0.3, 0.4) is 0 Å². The number of hydrogen-bond acceptors (Lipinski definition) is 5. The SMILES string of the molecule is COC(=O)c1ccc(NC(=O)C(C)N)c(N)c1. The average molecular weight is 237 g/mol. The van der Waals surface area contributed by atoms with Crippen molar-refractivity contribution in [2.24, 2.45) is 5.73 Å². The first kappa shape index (κ1) is 13.0. The monoisotopic (exact) mass is 237 g/mol. The van der Waals surface area contributed by atoms with Crippen LogP contribution >= 0.6 is 0 Å². The maximum Gasteiger partial charge on any atom is 0.337 e. The maximum absolute atomic E-state index is 11.4. The molecule has 0 aliphatic rings. The van der Waals surface area contributed by atoms with E-state index in [1.54, 1.807) is 6.92 Å². The molecule has 0 fully saturated rings. The van der Waals surface area contributed by atoms with Crippen LogP contribution in [0.2, 0.25) is 0 Å². The quantitative estimate of drug-likeness (QED) is 0.519. The lowest BCUT2D eigenvalue weighted by Crippen LogP contribution is -2.32. The van der Waals surface area contributed by atoms with Gasteiger partial charge < -0.3 is 21.5 Å². The number of anilines is 2. The molecule has 0 aromatic heterocycles. The van der Waals surface area contributed by atoms with Crippen molar-refractivity contribution in [2.75, 3.05) is 18.2 Å². The van der Waals surface area contributed by atoms with Gasteiger partial charge in [-0.25, -0.2) is 4.79 Å². The predicted molar refractivity (Wildman–Crippen MR) is 64.5 cm³/mol. The molecule has 1 amide bonds. The molecule has 6 heteroatoms. The molecule has 6 nitrogen and oxygen atoms in total. The Morgan fingerprint density at radius 2 is 2.06 bits per heavy atom. The fraction of sp³-hybridized carbons (Fsp3) is 0.273. The van der Waals surface area contributed by atoms with Gasteiger partial charge >= 0.3 is 5.97 Å². The standard InChI is InChI=1S/C11H15N3O3/c1-6(12)10(15)14-9-4-3-7(5-8(9)13)11(16)17-2/h3-6H,12-13H2,1-2H3,(H,14,15). The van der Waals surface area contributed by atoms with Crippen molar-refractivity contribution in [3.8, 4) is 0 Å². The molecule has 0 bridgehead atoms. The Bertz CT molecular complexity index is 444. The summed E-state index contributed by atoms with van der Waals surface area (Å²) in [4.78, 5) is 22.6. The third-order valence-corrected chi connectivity index (χ3v) is 2.14. The van der Waals surface area contributed by atoms with E-state index < -0.39 is 12.0 Å². The topological polar surface area (TPSA) is 107 Å². The Hall–Kier alpha value is -2.08. The molecular weight excluding hydrogens is 222 g/mol. The van der Waals surface area contributed by atoms with E-state index >= 15 is 0 Å². The van der Waals surface area contributed by atoms with E-state index in [4.69, 9.17) is 11.5 Å². The predicted octanol–water partition coefficient (Wildman–Crippen LogP) is 0.341. The van der Waals surface area contributed by atoms with Crippen molar-refractivity contribution < 1.29 is 14.3 Å². The minimum absolute atomic E-state index is 0.280. The summed E-state index contributed by atoms with van der Waals surface area (Å²) in [5.41, 5.74) is 12.1. The third kappa shape index (κ3) is 3.18. The summed E-state index contributed by atoms with van der Waals surface area (Å²) >= 11 is 0. The van der Waals surface area contributed by atoms with E-state index in [9.17, 15) is 9.59 Å². The second kappa shape index (κ2) is 5.31. The zero-order valence-electron chi connectivity index (χ0n) is 9.69. The first-order valence-electron chi connectivity index (χ1n) is 5.00. The summed E-state index contributed by atoms with van der Waals surface area (Å²) < 4.78 is 4.55. The van der Waals surface area contributed by atoms with Gasteiger partial charge in [0.05, 0.1) is 30.1 Å². The van der Waals surface area contributed by atoms with Crippen LogP contribution in [-0.2, 0) is 9.53 Å². The van der Waals surface area contributed by atoms with Gasteiger partial charge in [0.2, 0.25) is 5.91 Å². The summed E-state index contributed by atoms with van der Waals surface area (Å²) in [5, 5.41) is 2.55. The number of benzene rings is 1. The Kier molecular flexibility index (Phi) is 4.06. The highest BCUT2D eigenvalue weighted by atomic mass is 16.5. The van der Waals surface area contributed by atoms with Crippen molar-refractivity contribution in [3.63, 3.8) is 0 Å². The molecule has 17 heavy (non-hydrogen) atoms. The first-order valence-corrected chi connectivity index (χ1v) is 5.00. The second-order valence-corrected chi connectivity index (χ2v) is 3.57. The molecule has 0 saturated heterocycles. The highest BCUT2D eigenvalue weighted by Crippen LogP contribution is 2.20. The summed E-state index contributed by atoms with van der Waals surface area (Å²) in [6.45, 7) is 1.56. The lowest BCUT2D eigenvalue weighted by atomic mass is 10.1. The number of ether oxygens (including phenoxy) is 1. The Labute approximate surface area is 98.9 Å². The van der Waals surface area contributed by atoms with Crippen molar-refractivity contribution in [2.45, 2.75) is 13.0 Å². The van der Waals surface area contributed by atoms with E-state index in [-0.39, 0.29) is 11.6 Å². The van der Waals surface area contributed by atoms with Gasteiger partial charge in [-0.3, -0.25) is 4.79 Å². The van der Waals surface area contributed by atoms with Gasteiger partial charge in [0.1, 0.15) is 0 Å². The Balaban J connectivity index is 2.90. The molecular formula is C11H15N3O3. The maximum atomic E-state index is 11.4. The second-order valence-electron chi connectivity index (χ2n) is 3.57. The first-order chi connectivity index (χ1) is 7.95. The van der Waals surface area contributed by atoms with Gasteiger partial charge in [-0.1, -0.05) is 0 Å². The fourth-order valence-corrected chi connectivity index (χ4v) is 1.17. The molecule has 1 aromatic rings. The summed E-state index contributed by atoms with van der Waals surface area (Å²) in [5.74, 6) is -0.829. The highest BCUT2D eigenvalue weighted by Gasteiger charge is 2.12. The molecule has 1 atom stereocenters. The number of carbonyl (C=O) groups is 2. The van der Waals surface area contributed by atoms with Crippen LogP contribution in [0.25, 0.3) is 0 Å². The molecule has 92 valence electrons. The van der Waals surface area contributed by atoms with Crippen LogP contribution in [-0.4, -0.2) is 25.0 Å². The molecule has 0 aliphatic carbocycles. The van der Waals surface area contributed by atoms with Crippen LogP contribution in [0.4, 0.5) is 11.4 Å². The highest BCUT2D eigenvalue weighted by molar-refractivity contribution is 5.98. The normalized spacial score (nSPS) is 11.7. The number of methoxy groups -OCH3 is 1. The number of esters is 1. The number of nitrogen functional groups attached to an aromatic ring is 1. The lowest BCUT2D eigenvalue weighted by molar-refractivity contribution is -0.117. The average Bonchev–Trinajstić information content (AvgIpc) is 2.30. The zero-order chi connectivity index (χ0) is 13.0. The Morgan fingerprint density at radius 3 is 2.53 bits per heavy atom. The Morgan fingerprint density at radius 1 is 1.41 bits per heavy atom. The minimum atomic E-state index is -0.630. The van der Waals surface area contributed by atoms with Crippen LogP contribution in [0.1, 0.15) is 17.3 Å². The van der Waals surface area contributed by atoms with Gasteiger partial charge in [0.15, 0.2) is 0 Å². The van der Waals surface area contributed by atoms with Crippen molar-refractivity contribution in [1.82, 2.24) is 0 Å². The van der Waals surface area contributed by atoms with Gasteiger partial charge in [-0.2, -0.15) is 0 Å². The number of amides is 1. The summed E-state index contributed by atoms with van der Waals surface area (Å²) in [6.07, 6.45) is 0. The fourth-order valence-electron chi connectivity index (χ4n) is 1.17. The van der Waals surface area contributed by atoms with Gasteiger partial charge in [-0.15, -0.1) is 0 Å². The van der Waals surface area contributed by atoms with Crippen molar-refractivity contribution in [3.05, 3.63) is 23.8 Å². The van der Waals surface area contributed by atoms with Gasteiger partial charge in [0.25, 0.3) is 0 Å². The van der Waals surface area contributed by atoms with Gasteiger partial charge in [-0.05, 0) is 25.1 Å². The van der Waals surface area contributed by atoms with Crippen molar-refractivity contribution >= 4 is 23.3 Å². The van der Waals surface area contributed by atoms with Crippen LogP contribution in [0.5, 0.6) is 0 Å².